The zero-order chi connectivity index (χ0) is 27.9. The summed E-state index contributed by atoms with van der Waals surface area (Å²) in [7, 11) is -4.33. The predicted octanol–water partition coefficient (Wildman–Crippen LogP) is 4.93. The van der Waals surface area contributed by atoms with Crippen molar-refractivity contribution in [1.29, 1.82) is 0 Å². The van der Waals surface area contributed by atoms with Gasteiger partial charge in [0.15, 0.2) is 0 Å². The summed E-state index contributed by atoms with van der Waals surface area (Å²) in [6.07, 6.45) is 0.708. The molecule has 0 unspecified atom stereocenters. The van der Waals surface area contributed by atoms with Crippen molar-refractivity contribution in [2.45, 2.75) is 44.7 Å². The lowest BCUT2D eigenvalue weighted by atomic mass is 10.1. The summed E-state index contributed by atoms with van der Waals surface area (Å²) in [4.78, 5) is 27.8. The maximum absolute atomic E-state index is 14.9. The van der Waals surface area contributed by atoms with Gasteiger partial charge in [0.05, 0.1) is 10.6 Å². The molecule has 202 valence electrons. The van der Waals surface area contributed by atoms with E-state index in [4.69, 9.17) is 11.6 Å². The first-order valence-corrected chi connectivity index (χ1v) is 14.0. The van der Waals surface area contributed by atoms with Crippen LogP contribution in [0.15, 0.2) is 77.7 Å². The van der Waals surface area contributed by atoms with Crippen LogP contribution in [0.4, 0.5) is 10.1 Å². The minimum atomic E-state index is -4.33. The second-order valence-electron chi connectivity index (χ2n) is 8.89. The lowest BCUT2D eigenvalue weighted by Gasteiger charge is -2.32. The first kappa shape index (κ1) is 29.1. The molecular weight excluding hydrogens is 529 g/mol. The number of benzene rings is 3. The number of aryl methyl sites for hydroxylation is 1. The number of hydrogen-bond acceptors (Lipinski definition) is 4. The van der Waals surface area contributed by atoms with Crippen molar-refractivity contribution in [3.05, 3.63) is 94.8 Å². The molecule has 2 amide bonds. The highest BCUT2D eigenvalue weighted by atomic mass is 35.5. The number of para-hydroxylation sites is 1. The molecule has 0 saturated heterocycles. The van der Waals surface area contributed by atoms with Crippen LogP contribution in [-0.2, 0) is 26.2 Å². The zero-order valence-corrected chi connectivity index (χ0v) is 23.1. The van der Waals surface area contributed by atoms with Gasteiger partial charge in [-0.2, -0.15) is 0 Å². The van der Waals surface area contributed by atoms with Gasteiger partial charge in [0.2, 0.25) is 11.8 Å². The van der Waals surface area contributed by atoms with E-state index in [9.17, 15) is 22.4 Å². The highest BCUT2D eigenvalue weighted by Gasteiger charge is 2.33. The first-order chi connectivity index (χ1) is 18.0. The molecule has 0 aliphatic rings. The Morgan fingerprint density at radius 3 is 2.24 bits per heavy atom. The van der Waals surface area contributed by atoms with Crippen LogP contribution < -0.4 is 9.62 Å². The van der Waals surface area contributed by atoms with Crippen molar-refractivity contribution >= 4 is 39.1 Å². The van der Waals surface area contributed by atoms with Gasteiger partial charge < -0.3 is 10.2 Å². The van der Waals surface area contributed by atoms with E-state index >= 15 is 0 Å². The van der Waals surface area contributed by atoms with E-state index in [1.807, 2.05) is 13.8 Å². The predicted molar refractivity (Wildman–Crippen MR) is 147 cm³/mol. The topological polar surface area (TPSA) is 86.8 Å². The number of anilines is 1. The summed E-state index contributed by atoms with van der Waals surface area (Å²) in [5, 5.41) is 3.28. The maximum atomic E-state index is 14.9. The van der Waals surface area contributed by atoms with Crippen LogP contribution in [0.2, 0.25) is 5.02 Å². The fourth-order valence-electron chi connectivity index (χ4n) is 3.77. The Morgan fingerprint density at radius 2 is 1.63 bits per heavy atom. The molecular formula is C28H31ClFN3O4S. The van der Waals surface area contributed by atoms with E-state index < -0.39 is 34.3 Å². The molecule has 3 aromatic rings. The lowest BCUT2D eigenvalue weighted by Crippen LogP contribution is -2.51. The fraction of sp³-hybridized carbons (Fsp3) is 0.286. The normalized spacial score (nSPS) is 12.0. The largest absolute Gasteiger partial charge is 0.354 e. The van der Waals surface area contributed by atoms with Gasteiger partial charge in [-0.1, -0.05) is 60.5 Å². The molecule has 1 N–H and O–H groups in total. The number of carbonyl (C=O) groups is 2. The molecule has 10 heteroatoms. The minimum Gasteiger partial charge on any atom is -0.354 e. The van der Waals surface area contributed by atoms with E-state index in [0.29, 0.717) is 23.6 Å². The van der Waals surface area contributed by atoms with Gasteiger partial charge in [-0.05, 0) is 62.2 Å². The number of amides is 2. The van der Waals surface area contributed by atoms with E-state index in [0.717, 1.165) is 15.9 Å². The molecule has 0 spiro atoms. The van der Waals surface area contributed by atoms with Gasteiger partial charge in [0.1, 0.15) is 18.4 Å². The van der Waals surface area contributed by atoms with Crippen molar-refractivity contribution in [1.82, 2.24) is 10.2 Å². The van der Waals surface area contributed by atoms with Gasteiger partial charge in [-0.3, -0.25) is 13.9 Å². The smallest absolute Gasteiger partial charge is 0.264 e. The third-order valence-corrected chi connectivity index (χ3v) is 8.02. The highest BCUT2D eigenvalue weighted by molar-refractivity contribution is 7.92. The number of nitrogens with zero attached hydrogens (tertiary/aromatic N) is 2. The number of rotatable bonds is 11. The molecule has 7 nitrogen and oxygen atoms in total. The van der Waals surface area contributed by atoms with Crippen LogP contribution in [0, 0.1) is 12.7 Å². The summed E-state index contributed by atoms with van der Waals surface area (Å²) in [5.41, 5.74) is 1.27. The second-order valence-corrected chi connectivity index (χ2v) is 11.2. The van der Waals surface area contributed by atoms with Crippen molar-refractivity contribution in [3.63, 3.8) is 0 Å². The van der Waals surface area contributed by atoms with Crippen LogP contribution in [0.25, 0.3) is 0 Å². The second kappa shape index (κ2) is 12.9. The van der Waals surface area contributed by atoms with Gasteiger partial charge in [0, 0.05) is 18.1 Å². The number of halogens is 2. The SMILES string of the molecule is CCCNC(=O)[C@H](C)N(Cc1ccc(Cl)cc1)C(=O)CN(c1ccccc1F)S(=O)(=O)c1ccc(C)cc1. The molecule has 0 fully saturated rings. The average molecular weight is 560 g/mol. The molecule has 3 rings (SSSR count). The number of nitrogens with one attached hydrogen (secondary N) is 1. The average Bonchev–Trinajstić information content (AvgIpc) is 2.90. The van der Waals surface area contributed by atoms with Crippen molar-refractivity contribution in [2.75, 3.05) is 17.4 Å². The molecule has 1 atom stereocenters. The standard InChI is InChI=1S/C28H31ClFN3O4S/c1-4-17-31-28(35)21(3)32(18-22-11-13-23(29)14-12-22)27(34)19-33(26-8-6-5-7-25(26)30)38(36,37)24-15-9-20(2)10-16-24/h5-16,21H,4,17-19H2,1-3H3,(H,31,35)/t21-/m0/s1. The van der Waals surface area contributed by atoms with Crippen LogP contribution in [-0.4, -0.2) is 44.3 Å². The van der Waals surface area contributed by atoms with Crippen LogP contribution >= 0.6 is 11.6 Å². The zero-order valence-electron chi connectivity index (χ0n) is 21.5. The van der Waals surface area contributed by atoms with E-state index in [1.54, 1.807) is 43.3 Å². The van der Waals surface area contributed by atoms with Gasteiger partial charge >= 0.3 is 0 Å². The Hall–Kier alpha value is -3.43. The number of sulfonamides is 1. The molecule has 0 aromatic heterocycles. The van der Waals surface area contributed by atoms with Gasteiger partial charge in [0.25, 0.3) is 10.0 Å². The van der Waals surface area contributed by atoms with Crippen LogP contribution in [0.5, 0.6) is 0 Å². The summed E-state index contributed by atoms with van der Waals surface area (Å²) < 4.78 is 43.0. The summed E-state index contributed by atoms with van der Waals surface area (Å²) in [6.45, 7) is 5.02. The quantitative estimate of drug-likeness (QED) is 0.361. The molecule has 0 saturated carbocycles. The minimum absolute atomic E-state index is 0.0202. The van der Waals surface area contributed by atoms with Gasteiger partial charge in [-0.25, -0.2) is 12.8 Å². The third kappa shape index (κ3) is 7.11. The Labute approximate surface area is 228 Å². The Bertz CT molecular complexity index is 1370. The highest BCUT2D eigenvalue weighted by Crippen LogP contribution is 2.27. The number of carbonyl (C=O) groups excluding carboxylic acids is 2. The first-order valence-electron chi connectivity index (χ1n) is 12.2. The van der Waals surface area contributed by atoms with E-state index in [-0.39, 0.29) is 23.0 Å². The van der Waals surface area contributed by atoms with Gasteiger partial charge in [-0.15, -0.1) is 0 Å². The Kier molecular flexibility index (Phi) is 9.88. The molecule has 38 heavy (non-hydrogen) atoms. The summed E-state index contributed by atoms with van der Waals surface area (Å²) >= 11 is 6.00. The molecule has 0 bridgehead atoms. The van der Waals surface area contributed by atoms with Crippen molar-refractivity contribution < 1.29 is 22.4 Å². The fourth-order valence-corrected chi connectivity index (χ4v) is 5.32. The van der Waals surface area contributed by atoms with Crippen LogP contribution in [0.1, 0.15) is 31.4 Å². The third-order valence-electron chi connectivity index (χ3n) is 5.99. The van der Waals surface area contributed by atoms with E-state index in [1.165, 1.54) is 35.2 Å². The summed E-state index contributed by atoms with van der Waals surface area (Å²) in [6, 6.07) is 17.3. The van der Waals surface area contributed by atoms with E-state index in [2.05, 4.69) is 5.32 Å². The number of hydrogen-bond donors (Lipinski definition) is 1. The molecule has 0 heterocycles. The monoisotopic (exact) mass is 559 g/mol. The Balaban J connectivity index is 2.02. The van der Waals surface area contributed by atoms with Crippen molar-refractivity contribution in [3.8, 4) is 0 Å². The molecule has 0 aliphatic carbocycles. The van der Waals surface area contributed by atoms with Crippen molar-refractivity contribution in [2.24, 2.45) is 0 Å². The van der Waals surface area contributed by atoms with Crippen LogP contribution in [0.3, 0.4) is 0 Å². The maximum Gasteiger partial charge on any atom is 0.264 e. The summed E-state index contributed by atoms with van der Waals surface area (Å²) in [5.74, 6) is -1.85. The molecule has 3 aromatic carbocycles. The molecule has 0 radical (unpaired) electrons. The molecule has 0 aliphatic heterocycles. The lowest BCUT2D eigenvalue weighted by molar-refractivity contribution is -0.139. The Morgan fingerprint density at radius 1 is 1.00 bits per heavy atom.